The summed E-state index contributed by atoms with van der Waals surface area (Å²) in [5.41, 5.74) is 0. The lowest BCUT2D eigenvalue weighted by Crippen LogP contribution is -2.33. The predicted octanol–water partition coefficient (Wildman–Crippen LogP) is -0.132. The number of likely N-dealkylation sites (tertiary alicyclic amines) is 1. The van der Waals surface area contributed by atoms with Crippen molar-refractivity contribution in [2.24, 2.45) is 5.92 Å². The third-order valence-electron chi connectivity index (χ3n) is 3.16. The largest absolute Gasteiger partial charge is 0.356 e. The van der Waals surface area contributed by atoms with E-state index in [9.17, 15) is 9.59 Å². The van der Waals surface area contributed by atoms with E-state index in [4.69, 9.17) is 0 Å². The second kappa shape index (κ2) is 5.66. The SMILES string of the molecule is CN1C[C@@H](C(=O)NCCCn2ccnc2)CC1=O. The molecule has 6 nitrogen and oxygen atoms in total. The van der Waals surface area contributed by atoms with Crippen molar-refractivity contribution in [2.75, 3.05) is 20.1 Å². The quantitative estimate of drug-likeness (QED) is 0.740. The molecule has 1 aromatic heterocycles. The van der Waals surface area contributed by atoms with E-state index in [1.54, 1.807) is 24.5 Å². The zero-order valence-corrected chi connectivity index (χ0v) is 10.5. The number of carbonyl (C=O) groups is 2. The third kappa shape index (κ3) is 3.09. The summed E-state index contributed by atoms with van der Waals surface area (Å²) in [6.07, 6.45) is 6.58. The van der Waals surface area contributed by atoms with Gasteiger partial charge in [0.1, 0.15) is 0 Å². The molecule has 0 spiro atoms. The smallest absolute Gasteiger partial charge is 0.225 e. The lowest BCUT2D eigenvalue weighted by Gasteiger charge is -2.11. The molecule has 0 aliphatic carbocycles. The number of hydrogen-bond acceptors (Lipinski definition) is 3. The third-order valence-corrected chi connectivity index (χ3v) is 3.16. The maximum Gasteiger partial charge on any atom is 0.225 e. The van der Waals surface area contributed by atoms with E-state index in [0.717, 1.165) is 13.0 Å². The summed E-state index contributed by atoms with van der Waals surface area (Å²) in [6, 6.07) is 0. The van der Waals surface area contributed by atoms with Gasteiger partial charge in [-0.05, 0) is 6.42 Å². The second-order valence-electron chi connectivity index (χ2n) is 4.62. The molecular formula is C12H18N4O2. The van der Waals surface area contributed by atoms with Gasteiger partial charge in [0.2, 0.25) is 11.8 Å². The molecule has 98 valence electrons. The fourth-order valence-corrected chi connectivity index (χ4v) is 2.08. The molecular weight excluding hydrogens is 232 g/mol. The van der Waals surface area contributed by atoms with E-state index in [1.165, 1.54) is 0 Å². The summed E-state index contributed by atoms with van der Waals surface area (Å²) in [4.78, 5) is 28.7. The second-order valence-corrected chi connectivity index (χ2v) is 4.62. The van der Waals surface area contributed by atoms with Gasteiger partial charge in [0.05, 0.1) is 12.2 Å². The Morgan fingerprint density at radius 1 is 1.61 bits per heavy atom. The number of carbonyl (C=O) groups excluding carboxylic acids is 2. The van der Waals surface area contributed by atoms with Crippen LogP contribution in [-0.4, -0.2) is 46.4 Å². The first kappa shape index (κ1) is 12.6. The van der Waals surface area contributed by atoms with Gasteiger partial charge in [-0.1, -0.05) is 0 Å². The molecule has 0 saturated carbocycles. The molecule has 2 amide bonds. The number of imidazole rings is 1. The van der Waals surface area contributed by atoms with Crippen LogP contribution in [0, 0.1) is 5.92 Å². The highest BCUT2D eigenvalue weighted by atomic mass is 16.2. The van der Waals surface area contributed by atoms with E-state index in [2.05, 4.69) is 10.3 Å². The Kier molecular flexibility index (Phi) is 3.96. The van der Waals surface area contributed by atoms with Crippen molar-refractivity contribution in [1.29, 1.82) is 0 Å². The Morgan fingerprint density at radius 3 is 3.06 bits per heavy atom. The molecule has 0 radical (unpaired) electrons. The van der Waals surface area contributed by atoms with Crippen molar-refractivity contribution in [3.8, 4) is 0 Å². The molecule has 1 atom stereocenters. The van der Waals surface area contributed by atoms with Crippen LogP contribution in [0.25, 0.3) is 0 Å². The number of rotatable bonds is 5. The molecule has 18 heavy (non-hydrogen) atoms. The number of aryl methyl sites for hydroxylation is 1. The number of nitrogens with one attached hydrogen (secondary N) is 1. The Labute approximate surface area is 106 Å². The van der Waals surface area contributed by atoms with Crippen molar-refractivity contribution < 1.29 is 9.59 Å². The minimum Gasteiger partial charge on any atom is -0.356 e. The standard InChI is InChI=1S/C12H18N4O2/c1-15-8-10(7-11(15)17)12(18)14-3-2-5-16-6-4-13-9-16/h4,6,9-10H,2-3,5,7-8H2,1H3,(H,14,18)/t10-/m0/s1. The average Bonchev–Trinajstić information content (AvgIpc) is 2.96. The topological polar surface area (TPSA) is 67.2 Å². The van der Waals surface area contributed by atoms with Crippen LogP contribution in [0.5, 0.6) is 0 Å². The first-order chi connectivity index (χ1) is 8.66. The molecule has 0 unspecified atom stereocenters. The molecule has 2 rings (SSSR count). The normalized spacial score (nSPS) is 19.3. The molecule has 1 aromatic rings. The van der Waals surface area contributed by atoms with Crippen molar-refractivity contribution >= 4 is 11.8 Å². The van der Waals surface area contributed by atoms with Crippen LogP contribution >= 0.6 is 0 Å². The Morgan fingerprint density at radius 2 is 2.44 bits per heavy atom. The van der Waals surface area contributed by atoms with Gasteiger partial charge in [0.15, 0.2) is 0 Å². The van der Waals surface area contributed by atoms with Crippen molar-refractivity contribution in [3.05, 3.63) is 18.7 Å². The summed E-state index contributed by atoms with van der Waals surface area (Å²) in [5.74, 6) is -0.150. The highest BCUT2D eigenvalue weighted by Gasteiger charge is 2.31. The van der Waals surface area contributed by atoms with Gasteiger partial charge in [-0.15, -0.1) is 0 Å². The average molecular weight is 250 g/mol. The predicted molar refractivity (Wildman–Crippen MR) is 65.6 cm³/mol. The van der Waals surface area contributed by atoms with Gasteiger partial charge in [-0.3, -0.25) is 9.59 Å². The van der Waals surface area contributed by atoms with Gasteiger partial charge < -0.3 is 14.8 Å². The zero-order valence-electron chi connectivity index (χ0n) is 10.5. The van der Waals surface area contributed by atoms with Crippen LogP contribution in [0.2, 0.25) is 0 Å². The summed E-state index contributed by atoms with van der Waals surface area (Å²) < 4.78 is 1.97. The van der Waals surface area contributed by atoms with E-state index in [1.807, 2.05) is 10.8 Å². The Bertz CT molecular complexity index is 416. The molecule has 2 heterocycles. The molecule has 1 fully saturated rings. The first-order valence-electron chi connectivity index (χ1n) is 6.14. The van der Waals surface area contributed by atoms with Gasteiger partial charge in [0, 0.05) is 45.5 Å². The maximum atomic E-state index is 11.8. The highest BCUT2D eigenvalue weighted by Crippen LogP contribution is 2.15. The monoisotopic (exact) mass is 250 g/mol. The molecule has 1 aliphatic rings. The summed E-state index contributed by atoms with van der Waals surface area (Å²) in [5, 5.41) is 2.88. The van der Waals surface area contributed by atoms with E-state index < -0.39 is 0 Å². The molecule has 1 saturated heterocycles. The van der Waals surface area contributed by atoms with Crippen molar-refractivity contribution in [3.63, 3.8) is 0 Å². The number of hydrogen-bond donors (Lipinski definition) is 1. The van der Waals surface area contributed by atoms with Crippen LogP contribution in [0.1, 0.15) is 12.8 Å². The zero-order chi connectivity index (χ0) is 13.0. The van der Waals surface area contributed by atoms with Crippen LogP contribution in [0.4, 0.5) is 0 Å². The maximum absolute atomic E-state index is 11.8. The lowest BCUT2D eigenvalue weighted by molar-refractivity contribution is -0.128. The minimum atomic E-state index is -0.184. The fourth-order valence-electron chi connectivity index (χ4n) is 2.08. The number of amides is 2. The van der Waals surface area contributed by atoms with Crippen LogP contribution in [0.15, 0.2) is 18.7 Å². The van der Waals surface area contributed by atoms with Gasteiger partial charge in [0.25, 0.3) is 0 Å². The summed E-state index contributed by atoms with van der Waals surface area (Å²) >= 11 is 0. The molecule has 6 heteroatoms. The van der Waals surface area contributed by atoms with E-state index in [0.29, 0.717) is 19.5 Å². The summed E-state index contributed by atoms with van der Waals surface area (Å²) in [7, 11) is 1.73. The van der Waals surface area contributed by atoms with E-state index >= 15 is 0 Å². The van der Waals surface area contributed by atoms with Crippen molar-refractivity contribution in [1.82, 2.24) is 19.8 Å². The summed E-state index contributed by atoms with van der Waals surface area (Å²) in [6.45, 7) is 2.00. The van der Waals surface area contributed by atoms with Crippen LogP contribution in [-0.2, 0) is 16.1 Å². The highest BCUT2D eigenvalue weighted by molar-refractivity contribution is 5.89. The lowest BCUT2D eigenvalue weighted by atomic mass is 10.1. The van der Waals surface area contributed by atoms with Gasteiger partial charge in [-0.25, -0.2) is 4.98 Å². The number of nitrogens with zero attached hydrogens (tertiary/aromatic N) is 3. The van der Waals surface area contributed by atoms with E-state index in [-0.39, 0.29) is 17.7 Å². The Balaban J connectivity index is 1.65. The Hall–Kier alpha value is -1.85. The molecule has 1 N–H and O–H groups in total. The minimum absolute atomic E-state index is 0.0154. The fraction of sp³-hybridized carbons (Fsp3) is 0.583. The van der Waals surface area contributed by atoms with Crippen LogP contribution in [0.3, 0.4) is 0 Å². The molecule has 1 aliphatic heterocycles. The molecule has 0 aromatic carbocycles. The van der Waals surface area contributed by atoms with Gasteiger partial charge >= 0.3 is 0 Å². The van der Waals surface area contributed by atoms with Crippen LogP contribution < -0.4 is 5.32 Å². The van der Waals surface area contributed by atoms with Crippen molar-refractivity contribution in [2.45, 2.75) is 19.4 Å². The number of aromatic nitrogens is 2. The van der Waals surface area contributed by atoms with Gasteiger partial charge in [-0.2, -0.15) is 0 Å². The first-order valence-corrected chi connectivity index (χ1v) is 6.14. The molecule has 0 bridgehead atoms.